The highest BCUT2D eigenvalue weighted by molar-refractivity contribution is 6.14. The number of aryl methyl sites for hydroxylation is 2. The average Bonchev–Trinajstić information content (AvgIpc) is 2.86. The van der Waals surface area contributed by atoms with Gasteiger partial charge in [-0.1, -0.05) is 0 Å². The van der Waals surface area contributed by atoms with Crippen LogP contribution in [0, 0.1) is 18.3 Å². The SMILES string of the molecule is Cc1cc(C(O)=C(C#N)c2ccn(Cl)n2)n(C)n1. The van der Waals surface area contributed by atoms with Crippen LogP contribution in [0.15, 0.2) is 18.3 Å². The molecule has 0 radical (unpaired) electrons. The number of aromatic nitrogens is 4. The van der Waals surface area contributed by atoms with Gasteiger partial charge in [0.05, 0.1) is 5.69 Å². The lowest BCUT2D eigenvalue weighted by atomic mass is 10.1. The Morgan fingerprint density at radius 1 is 1.50 bits per heavy atom. The summed E-state index contributed by atoms with van der Waals surface area (Å²) in [6.07, 6.45) is 1.48. The number of hydrogen-bond acceptors (Lipinski definition) is 4. The Balaban J connectivity index is 2.57. The van der Waals surface area contributed by atoms with Gasteiger partial charge in [-0.05, 0) is 19.1 Å². The van der Waals surface area contributed by atoms with Crippen LogP contribution in [0.5, 0.6) is 0 Å². The number of aliphatic hydroxyl groups excluding tert-OH is 1. The van der Waals surface area contributed by atoms with Crippen LogP contribution in [-0.2, 0) is 7.05 Å². The second-order valence-corrected chi connectivity index (χ2v) is 4.07. The molecule has 0 spiro atoms. The van der Waals surface area contributed by atoms with Gasteiger partial charge in [0.25, 0.3) is 0 Å². The summed E-state index contributed by atoms with van der Waals surface area (Å²) in [5.41, 5.74) is 1.56. The number of halogens is 1. The van der Waals surface area contributed by atoms with Crippen molar-refractivity contribution in [1.29, 1.82) is 5.26 Å². The molecule has 2 rings (SSSR count). The minimum atomic E-state index is -0.170. The Labute approximate surface area is 108 Å². The molecule has 7 heteroatoms. The van der Waals surface area contributed by atoms with E-state index in [1.54, 1.807) is 26.1 Å². The van der Waals surface area contributed by atoms with Gasteiger partial charge in [0.2, 0.25) is 0 Å². The molecular formula is C11H10ClN5O. The van der Waals surface area contributed by atoms with Crippen molar-refractivity contribution in [2.24, 2.45) is 7.05 Å². The molecule has 0 fully saturated rings. The summed E-state index contributed by atoms with van der Waals surface area (Å²) >= 11 is 5.62. The lowest BCUT2D eigenvalue weighted by molar-refractivity contribution is 0.503. The molecule has 2 heterocycles. The van der Waals surface area contributed by atoms with Crippen molar-refractivity contribution in [3.05, 3.63) is 35.4 Å². The molecule has 6 nitrogen and oxygen atoms in total. The lowest BCUT2D eigenvalue weighted by Gasteiger charge is -2.02. The van der Waals surface area contributed by atoms with E-state index in [9.17, 15) is 5.11 Å². The molecule has 2 aromatic heterocycles. The van der Waals surface area contributed by atoms with Gasteiger partial charge in [-0.2, -0.15) is 19.7 Å². The topological polar surface area (TPSA) is 79.7 Å². The van der Waals surface area contributed by atoms with Crippen molar-refractivity contribution in [3.8, 4) is 6.07 Å². The monoisotopic (exact) mass is 263 g/mol. The molecule has 92 valence electrons. The van der Waals surface area contributed by atoms with Crippen LogP contribution in [0.25, 0.3) is 11.3 Å². The molecule has 0 bridgehead atoms. The maximum atomic E-state index is 10.1. The number of nitrogens with zero attached hydrogens (tertiary/aromatic N) is 5. The first kappa shape index (κ1) is 12.2. The zero-order valence-electron chi connectivity index (χ0n) is 9.79. The van der Waals surface area contributed by atoms with Crippen molar-refractivity contribution in [3.63, 3.8) is 0 Å². The molecule has 0 atom stereocenters. The summed E-state index contributed by atoms with van der Waals surface area (Å²) in [6, 6.07) is 5.15. The van der Waals surface area contributed by atoms with E-state index >= 15 is 0 Å². The van der Waals surface area contributed by atoms with E-state index in [1.165, 1.54) is 10.9 Å². The summed E-state index contributed by atoms with van der Waals surface area (Å²) in [4.78, 5) is 0. The van der Waals surface area contributed by atoms with Crippen molar-refractivity contribution < 1.29 is 5.11 Å². The Morgan fingerprint density at radius 3 is 2.67 bits per heavy atom. The van der Waals surface area contributed by atoms with Crippen molar-refractivity contribution in [1.82, 2.24) is 19.1 Å². The third kappa shape index (κ3) is 2.08. The first-order valence-corrected chi connectivity index (χ1v) is 5.43. The largest absolute Gasteiger partial charge is 0.504 e. The van der Waals surface area contributed by atoms with Crippen molar-refractivity contribution in [2.75, 3.05) is 0 Å². The zero-order valence-corrected chi connectivity index (χ0v) is 10.5. The quantitative estimate of drug-likeness (QED) is 0.663. The zero-order chi connectivity index (χ0) is 13.3. The predicted molar refractivity (Wildman–Crippen MR) is 66.5 cm³/mol. The average molecular weight is 264 g/mol. The van der Waals surface area contributed by atoms with Crippen LogP contribution in [0.3, 0.4) is 0 Å². The molecule has 0 aliphatic heterocycles. The molecule has 0 aromatic carbocycles. The first-order chi connectivity index (χ1) is 8.52. The van der Waals surface area contributed by atoms with Crippen LogP contribution in [-0.4, -0.2) is 24.2 Å². The van der Waals surface area contributed by atoms with Crippen LogP contribution in [0.2, 0.25) is 0 Å². The molecule has 1 N–H and O–H groups in total. The fourth-order valence-electron chi connectivity index (χ4n) is 1.63. The number of aliphatic hydroxyl groups is 1. The number of allylic oxidation sites excluding steroid dienone is 1. The van der Waals surface area contributed by atoms with E-state index in [0.717, 1.165) is 9.89 Å². The number of nitriles is 1. The Bertz CT molecular complexity index is 661. The molecule has 0 saturated carbocycles. The van der Waals surface area contributed by atoms with Crippen LogP contribution in [0.1, 0.15) is 17.1 Å². The maximum Gasteiger partial charge on any atom is 0.161 e. The number of hydrogen-bond donors (Lipinski definition) is 1. The van der Waals surface area contributed by atoms with Gasteiger partial charge in [-0.15, -0.1) is 0 Å². The molecule has 0 saturated heterocycles. The van der Waals surface area contributed by atoms with Crippen LogP contribution >= 0.6 is 11.8 Å². The molecule has 0 aliphatic rings. The van der Waals surface area contributed by atoms with E-state index in [2.05, 4.69) is 10.2 Å². The van der Waals surface area contributed by atoms with Gasteiger partial charge in [0, 0.05) is 25.0 Å². The maximum absolute atomic E-state index is 10.1. The third-order valence-corrected chi connectivity index (χ3v) is 2.60. The summed E-state index contributed by atoms with van der Waals surface area (Å²) in [5, 5.41) is 27.3. The lowest BCUT2D eigenvalue weighted by Crippen LogP contribution is -1.99. The van der Waals surface area contributed by atoms with Gasteiger partial charge >= 0.3 is 0 Å². The van der Waals surface area contributed by atoms with Crippen LogP contribution in [0.4, 0.5) is 0 Å². The van der Waals surface area contributed by atoms with E-state index in [0.29, 0.717) is 11.4 Å². The normalized spacial score (nSPS) is 12.1. The molecule has 2 aromatic rings. The van der Waals surface area contributed by atoms with E-state index in [-0.39, 0.29) is 11.3 Å². The third-order valence-electron chi connectivity index (χ3n) is 2.41. The van der Waals surface area contributed by atoms with Gasteiger partial charge < -0.3 is 5.11 Å². The van der Waals surface area contributed by atoms with E-state index < -0.39 is 0 Å². The number of rotatable bonds is 2. The standard InChI is InChI=1S/C11H10ClN5O/c1-7-5-10(16(2)14-7)11(18)8(6-13)9-3-4-17(12)15-9/h3-5,18H,1-2H3. The summed E-state index contributed by atoms with van der Waals surface area (Å²) < 4.78 is 2.55. The van der Waals surface area contributed by atoms with E-state index in [1.807, 2.05) is 6.07 Å². The van der Waals surface area contributed by atoms with E-state index in [4.69, 9.17) is 17.0 Å². The molecule has 18 heavy (non-hydrogen) atoms. The van der Waals surface area contributed by atoms with Crippen molar-refractivity contribution in [2.45, 2.75) is 6.92 Å². The minimum Gasteiger partial charge on any atom is -0.504 e. The Morgan fingerprint density at radius 2 is 2.22 bits per heavy atom. The molecule has 0 unspecified atom stereocenters. The highest BCUT2D eigenvalue weighted by atomic mass is 35.5. The van der Waals surface area contributed by atoms with Gasteiger partial charge in [-0.25, -0.2) is 0 Å². The Kier molecular flexibility index (Phi) is 3.08. The summed E-state index contributed by atoms with van der Waals surface area (Å²) in [7, 11) is 1.69. The highest BCUT2D eigenvalue weighted by Crippen LogP contribution is 2.23. The Hall–Kier alpha value is -2.26. The van der Waals surface area contributed by atoms with Gasteiger partial charge in [0.15, 0.2) is 5.76 Å². The fraction of sp³-hybridized carbons (Fsp3) is 0.182. The van der Waals surface area contributed by atoms with Gasteiger partial charge in [0.1, 0.15) is 23.0 Å². The van der Waals surface area contributed by atoms with Crippen LogP contribution < -0.4 is 0 Å². The highest BCUT2D eigenvalue weighted by Gasteiger charge is 2.16. The fourth-order valence-corrected chi connectivity index (χ4v) is 1.76. The molecular weight excluding hydrogens is 254 g/mol. The molecule has 0 amide bonds. The summed E-state index contributed by atoms with van der Waals surface area (Å²) in [5.74, 6) is -0.170. The summed E-state index contributed by atoms with van der Waals surface area (Å²) in [6.45, 7) is 1.80. The smallest absolute Gasteiger partial charge is 0.161 e. The minimum absolute atomic E-state index is 0.0531. The first-order valence-electron chi connectivity index (χ1n) is 5.09. The second-order valence-electron chi connectivity index (χ2n) is 3.72. The molecule has 0 aliphatic carbocycles. The predicted octanol–water partition coefficient (Wildman–Crippen LogP) is 1.88. The second kappa shape index (κ2) is 4.55. The van der Waals surface area contributed by atoms with Crippen molar-refractivity contribution >= 4 is 23.1 Å². The van der Waals surface area contributed by atoms with Gasteiger partial charge in [-0.3, -0.25) is 4.68 Å².